The molecule has 0 rings (SSSR count). The van der Waals surface area contributed by atoms with Crippen LogP contribution < -0.4 is 0 Å². The zero-order chi connectivity index (χ0) is 11.4. The highest BCUT2D eigenvalue weighted by Gasteiger charge is 2.39. The second-order valence-corrected chi connectivity index (χ2v) is 2.89. The number of halogens is 4. The Kier molecular flexibility index (Phi) is 5.22. The Labute approximate surface area is 84.4 Å². The SMILES string of the molecule is CCN(CC(O)C(F)(F)F)C(=O)CCl. The fraction of sp³-hybridized carbons (Fsp3) is 0.857. The average Bonchev–Trinajstić information content (AvgIpc) is 2.10. The van der Waals surface area contributed by atoms with Crippen molar-refractivity contribution < 1.29 is 23.1 Å². The number of nitrogens with zero attached hydrogens (tertiary/aromatic N) is 1. The minimum atomic E-state index is -4.71. The summed E-state index contributed by atoms with van der Waals surface area (Å²) in [6.07, 6.45) is -7.23. The van der Waals surface area contributed by atoms with Crippen LogP contribution in [-0.2, 0) is 4.79 Å². The number of aliphatic hydroxyl groups is 1. The summed E-state index contributed by atoms with van der Waals surface area (Å²) in [7, 11) is 0. The van der Waals surface area contributed by atoms with Crippen molar-refractivity contribution in [1.29, 1.82) is 0 Å². The van der Waals surface area contributed by atoms with Crippen LogP contribution in [-0.4, -0.2) is 47.2 Å². The molecule has 3 nitrogen and oxygen atoms in total. The van der Waals surface area contributed by atoms with Gasteiger partial charge in [0.05, 0.1) is 6.54 Å². The summed E-state index contributed by atoms with van der Waals surface area (Å²) in [5, 5.41) is 8.67. The molecule has 0 bridgehead atoms. The van der Waals surface area contributed by atoms with E-state index < -0.39 is 30.6 Å². The summed E-state index contributed by atoms with van der Waals surface area (Å²) >= 11 is 5.17. The number of amides is 1. The number of alkyl halides is 4. The summed E-state index contributed by atoms with van der Waals surface area (Å²) in [6.45, 7) is 0.817. The predicted molar refractivity (Wildman–Crippen MR) is 45.0 cm³/mol. The van der Waals surface area contributed by atoms with Crippen LogP contribution >= 0.6 is 11.6 Å². The summed E-state index contributed by atoms with van der Waals surface area (Å²) in [6, 6.07) is 0. The van der Waals surface area contributed by atoms with Crippen molar-refractivity contribution in [2.24, 2.45) is 0 Å². The van der Waals surface area contributed by atoms with Gasteiger partial charge in [-0.25, -0.2) is 0 Å². The first-order valence-electron chi connectivity index (χ1n) is 3.91. The molecule has 0 aliphatic rings. The van der Waals surface area contributed by atoms with E-state index in [9.17, 15) is 18.0 Å². The maximum absolute atomic E-state index is 11.9. The van der Waals surface area contributed by atoms with Crippen molar-refractivity contribution in [2.45, 2.75) is 19.2 Å². The van der Waals surface area contributed by atoms with E-state index in [1.54, 1.807) is 0 Å². The third-order valence-electron chi connectivity index (χ3n) is 1.62. The Morgan fingerprint density at radius 3 is 2.36 bits per heavy atom. The second kappa shape index (κ2) is 5.41. The lowest BCUT2D eigenvalue weighted by atomic mass is 10.3. The van der Waals surface area contributed by atoms with Crippen molar-refractivity contribution in [2.75, 3.05) is 19.0 Å². The number of aliphatic hydroxyl groups excluding tert-OH is 1. The van der Waals surface area contributed by atoms with E-state index in [1.165, 1.54) is 6.92 Å². The lowest BCUT2D eigenvalue weighted by molar-refractivity contribution is -0.208. The van der Waals surface area contributed by atoms with Crippen LogP contribution in [0.3, 0.4) is 0 Å². The molecule has 84 valence electrons. The van der Waals surface area contributed by atoms with Crippen LogP contribution in [0.1, 0.15) is 6.92 Å². The van der Waals surface area contributed by atoms with E-state index >= 15 is 0 Å². The predicted octanol–water partition coefficient (Wildman–Crippen LogP) is 0.997. The zero-order valence-electron chi connectivity index (χ0n) is 7.51. The summed E-state index contributed by atoms with van der Waals surface area (Å²) < 4.78 is 35.7. The van der Waals surface area contributed by atoms with Gasteiger partial charge < -0.3 is 10.0 Å². The molecule has 7 heteroatoms. The summed E-state index contributed by atoms with van der Waals surface area (Å²) in [5.74, 6) is -1.02. The highest BCUT2D eigenvalue weighted by Crippen LogP contribution is 2.20. The van der Waals surface area contributed by atoms with Gasteiger partial charge in [-0.05, 0) is 6.92 Å². The van der Waals surface area contributed by atoms with E-state index in [-0.39, 0.29) is 6.54 Å². The molecule has 1 atom stereocenters. The van der Waals surface area contributed by atoms with E-state index in [0.717, 1.165) is 4.90 Å². The zero-order valence-corrected chi connectivity index (χ0v) is 8.27. The van der Waals surface area contributed by atoms with Crippen LogP contribution in [0.4, 0.5) is 13.2 Å². The molecule has 0 radical (unpaired) electrons. The quantitative estimate of drug-likeness (QED) is 0.736. The maximum atomic E-state index is 11.9. The van der Waals surface area contributed by atoms with Crippen LogP contribution in [0.2, 0.25) is 0 Å². The number of hydrogen-bond donors (Lipinski definition) is 1. The van der Waals surface area contributed by atoms with Crippen molar-refractivity contribution in [3.8, 4) is 0 Å². The van der Waals surface area contributed by atoms with Crippen molar-refractivity contribution in [3.63, 3.8) is 0 Å². The topological polar surface area (TPSA) is 40.5 Å². The Morgan fingerprint density at radius 1 is 1.57 bits per heavy atom. The Balaban J connectivity index is 4.26. The minimum absolute atomic E-state index is 0.0820. The van der Waals surface area contributed by atoms with Gasteiger partial charge in [-0.2, -0.15) is 13.2 Å². The molecule has 0 spiro atoms. The monoisotopic (exact) mass is 233 g/mol. The van der Waals surface area contributed by atoms with Crippen molar-refractivity contribution in [3.05, 3.63) is 0 Å². The fourth-order valence-electron chi connectivity index (χ4n) is 0.804. The maximum Gasteiger partial charge on any atom is 0.416 e. The molecule has 0 aliphatic carbocycles. The Hall–Kier alpha value is -0.490. The molecule has 0 heterocycles. The first-order chi connectivity index (χ1) is 6.32. The summed E-state index contributed by atoms with van der Waals surface area (Å²) in [4.78, 5) is 11.8. The highest BCUT2D eigenvalue weighted by molar-refractivity contribution is 6.27. The molecule has 0 saturated carbocycles. The highest BCUT2D eigenvalue weighted by atomic mass is 35.5. The normalized spacial score (nSPS) is 13.9. The number of carbonyl (C=O) groups excluding carboxylic acids is 1. The fourth-order valence-corrected chi connectivity index (χ4v) is 0.973. The molecule has 0 aromatic heterocycles. The second-order valence-electron chi connectivity index (χ2n) is 2.62. The van der Waals surface area contributed by atoms with Gasteiger partial charge in [-0.15, -0.1) is 11.6 Å². The molecule has 0 saturated heterocycles. The molecule has 0 aliphatic heterocycles. The van der Waals surface area contributed by atoms with Gasteiger partial charge in [0.2, 0.25) is 5.91 Å². The van der Waals surface area contributed by atoms with Crippen LogP contribution in [0.15, 0.2) is 0 Å². The van der Waals surface area contributed by atoms with Gasteiger partial charge in [0.1, 0.15) is 5.88 Å². The van der Waals surface area contributed by atoms with E-state index in [1.807, 2.05) is 0 Å². The lowest BCUT2D eigenvalue weighted by Crippen LogP contribution is -2.44. The van der Waals surface area contributed by atoms with Crippen LogP contribution in [0.5, 0.6) is 0 Å². The molecule has 1 unspecified atom stereocenters. The third kappa shape index (κ3) is 4.15. The largest absolute Gasteiger partial charge is 0.416 e. The molecular weight excluding hydrogens is 223 g/mol. The first kappa shape index (κ1) is 13.5. The van der Waals surface area contributed by atoms with Gasteiger partial charge in [0.15, 0.2) is 6.10 Å². The Bertz CT molecular complexity index is 198. The van der Waals surface area contributed by atoms with Gasteiger partial charge >= 0.3 is 6.18 Å². The smallest absolute Gasteiger partial charge is 0.382 e. The number of hydrogen-bond acceptors (Lipinski definition) is 2. The van der Waals surface area contributed by atoms with Gasteiger partial charge in [0.25, 0.3) is 0 Å². The van der Waals surface area contributed by atoms with Crippen LogP contribution in [0, 0.1) is 0 Å². The van der Waals surface area contributed by atoms with Gasteiger partial charge in [0, 0.05) is 6.54 Å². The molecule has 0 aromatic rings. The Morgan fingerprint density at radius 2 is 2.07 bits per heavy atom. The molecule has 14 heavy (non-hydrogen) atoms. The average molecular weight is 234 g/mol. The molecular formula is C7H11ClF3NO2. The molecule has 0 fully saturated rings. The van der Waals surface area contributed by atoms with E-state index in [0.29, 0.717) is 0 Å². The van der Waals surface area contributed by atoms with Crippen LogP contribution in [0.25, 0.3) is 0 Å². The minimum Gasteiger partial charge on any atom is -0.382 e. The standard InChI is InChI=1S/C7H11ClF3NO2/c1-2-12(6(14)3-8)4-5(13)7(9,10)11/h5,13H,2-4H2,1H3. The van der Waals surface area contributed by atoms with Gasteiger partial charge in [-0.1, -0.05) is 0 Å². The lowest BCUT2D eigenvalue weighted by Gasteiger charge is -2.24. The van der Waals surface area contributed by atoms with Crippen molar-refractivity contribution in [1.82, 2.24) is 4.90 Å². The molecule has 1 N–H and O–H groups in total. The first-order valence-corrected chi connectivity index (χ1v) is 4.44. The van der Waals surface area contributed by atoms with Gasteiger partial charge in [-0.3, -0.25) is 4.79 Å². The summed E-state index contributed by atoms with van der Waals surface area (Å²) in [5.41, 5.74) is 0. The molecule has 0 aromatic carbocycles. The van der Waals surface area contributed by atoms with E-state index in [4.69, 9.17) is 16.7 Å². The molecule has 1 amide bonds. The number of likely N-dealkylation sites (N-methyl/N-ethyl adjacent to an activating group) is 1. The third-order valence-corrected chi connectivity index (χ3v) is 1.85. The number of carbonyl (C=O) groups is 1. The van der Waals surface area contributed by atoms with E-state index in [2.05, 4.69) is 0 Å². The van der Waals surface area contributed by atoms with Crippen molar-refractivity contribution >= 4 is 17.5 Å². The number of rotatable bonds is 4.